The second-order valence-electron chi connectivity index (χ2n) is 12.2. The lowest BCUT2D eigenvalue weighted by Gasteiger charge is -2.42. The molecule has 1 amide bonds. The van der Waals surface area contributed by atoms with Gasteiger partial charge in [0, 0.05) is 61.6 Å². The molecule has 2 aromatic rings. The molecule has 42 heavy (non-hydrogen) atoms. The number of benzene rings is 1. The van der Waals surface area contributed by atoms with Crippen LogP contribution >= 0.6 is 11.6 Å². The van der Waals surface area contributed by atoms with E-state index in [1.54, 1.807) is 29.6 Å². The average Bonchev–Trinajstić information content (AvgIpc) is 3.52. The molecule has 230 valence electrons. The van der Waals surface area contributed by atoms with E-state index < -0.39 is 15.6 Å². The summed E-state index contributed by atoms with van der Waals surface area (Å²) in [4.78, 5) is 22.5. The zero-order valence-electron chi connectivity index (χ0n) is 25.1. The van der Waals surface area contributed by atoms with Crippen LogP contribution < -0.4 is 0 Å². The Morgan fingerprint density at radius 1 is 1.05 bits per heavy atom. The van der Waals surface area contributed by atoms with E-state index in [4.69, 9.17) is 16.3 Å². The maximum Gasteiger partial charge on any atom is 0.243 e. The van der Waals surface area contributed by atoms with E-state index in [1.165, 1.54) is 12.8 Å². The Kier molecular flexibility index (Phi) is 10.3. The molecule has 0 spiro atoms. The standard InChI is InChI=1S/C32H45ClN4O4S/c1-25-23-30(26(2)22-29(25)33)42(39,40)37-17-4-3-9-28(37)10-11-31(38)36-18-12-32(13-19-36,27-8-7-14-34-24-27)41-21-20-35-15-5-6-16-35/h7-8,14,22-24,28H,3-6,9-13,15-21H2,1-2H3. The third-order valence-electron chi connectivity index (χ3n) is 9.40. The number of nitrogens with zero attached hydrogens (tertiary/aromatic N) is 4. The third kappa shape index (κ3) is 7.02. The Morgan fingerprint density at radius 2 is 1.79 bits per heavy atom. The molecule has 5 rings (SSSR count). The molecule has 1 aromatic heterocycles. The molecule has 4 heterocycles. The SMILES string of the molecule is Cc1cc(S(=O)(=O)N2CCCCC2CCC(=O)N2CCC(OCCN3CCCC3)(c3cccnc3)CC2)c(C)cc1Cl. The molecule has 3 aliphatic heterocycles. The van der Waals surface area contributed by atoms with Crippen molar-refractivity contribution in [1.29, 1.82) is 0 Å². The highest BCUT2D eigenvalue weighted by molar-refractivity contribution is 7.89. The Hall–Kier alpha value is -2.04. The number of pyridine rings is 1. The van der Waals surface area contributed by atoms with Gasteiger partial charge in [-0.2, -0.15) is 4.31 Å². The molecule has 3 aliphatic rings. The zero-order valence-corrected chi connectivity index (χ0v) is 26.6. The van der Waals surface area contributed by atoms with Crippen LogP contribution in [0.1, 0.15) is 74.5 Å². The van der Waals surface area contributed by atoms with Crippen LogP contribution in [0.5, 0.6) is 0 Å². The summed E-state index contributed by atoms with van der Waals surface area (Å²) in [6.45, 7) is 9.22. The van der Waals surface area contributed by atoms with Gasteiger partial charge in [-0.15, -0.1) is 0 Å². The van der Waals surface area contributed by atoms with E-state index in [1.807, 2.05) is 24.1 Å². The predicted molar refractivity (Wildman–Crippen MR) is 165 cm³/mol. The van der Waals surface area contributed by atoms with Gasteiger partial charge in [0.1, 0.15) is 0 Å². The number of halogens is 1. The van der Waals surface area contributed by atoms with Crippen molar-refractivity contribution >= 4 is 27.5 Å². The number of hydrogen-bond donors (Lipinski definition) is 0. The molecule has 8 nitrogen and oxygen atoms in total. The van der Waals surface area contributed by atoms with Crippen molar-refractivity contribution in [2.24, 2.45) is 0 Å². The summed E-state index contributed by atoms with van der Waals surface area (Å²) in [6.07, 6.45) is 11.1. The summed E-state index contributed by atoms with van der Waals surface area (Å²) in [6, 6.07) is 7.26. The number of amides is 1. The highest BCUT2D eigenvalue weighted by atomic mass is 35.5. The molecule has 10 heteroatoms. The molecule has 0 aliphatic carbocycles. The Morgan fingerprint density at radius 3 is 2.50 bits per heavy atom. The maximum atomic E-state index is 13.8. The summed E-state index contributed by atoms with van der Waals surface area (Å²) < 4.78 is 35.8. The number of rotatable bonds is 10. The van der Waals surface area contributed by atoms with Crippen molar-refractivity contribution in [3.63, 3.8) is 0 Å². The van der Waals surface area contributed by atoms with Gasteiger partial charge in [0.05, 0.1) is 17.1 Å². The van der Waals surface area contributed by atoms with Gasteiger partial charge in [-0.25, -0.2) is 8.42 Å². The van der Waals surface area contributed by atoms with Gasteiger partial charge in [-0.1, -0.05) is 24.1 Å². The molecular weight excluding hydrogens is 572 g/mol. The van der Waals surface area contributed by atoms with Crippen LogP contribution in [0.2, 0.25) is 5.02 Å². The van der Waals surface area contributed by atoms with Crippen molar-refractivity contribution in [3.8, 4) is 0 Å². The molecule has 0 bridgehead atoms. The molecule has 3 fully saturated rings. The smallest absolute Gasteiger partial charge is 0.243 e. The molecule has 1 aromatic carbocycles. The number of sulfonamides is 1. The number of ether oxygens (including phenoxy) is 1. The van der Waals surface area contributed by atoms with Crippen LogP contribution in [0, 0.1) is 13.8 Å². The topological polar surface area (TPSA) is 83.0 Å². The van der Waals surface area contributed by atoms with E-state index in [9.17, 15) is 13.2 Å². The fourth-order valence-electron chi connectivity index (χ4n) is 6.83. The van der Waals surface area contributed by atoms with Gasteiger partial charge < -0.3 is 14.5 Å². The van der Waals surface area contributed by atoms with Crippen molar-refractivity contribution in [2.45, 2.75) is 88.2 Å². The monoisotopic (exact) mass is 616 g/mol. The number of aryl methyl sites for hydroxylation is 2. The Bertz CT molecular complexity index is 1330. The lowest BCUT2D eigenvalue weighted by atomic mass is 9.84. The van der Waals surface area contributed by atoms with E-state index in [-0.39, 0.29) is 11.9 Å². The van der Waals surface area contributed by atoms with Gasteiger partial charge in [0.15, 0.2) is 0 Å². The first kappa shape index (κ1) is 31.4. The normalized spacial score (nSPS) is 22.0. The first-order chi connectivity index (χ1) is 20.2. The maximum absolute atomic E-state index is 13.8. The van der Waals surface area contributed by atoms with Crippen LogP contribution in [0.4, 0.5) is 0 Å². The number of likely N-dealkylation sites (tertiary alicyclic amines) is 2. The lowest BCUT2D eigenvalue weighted by molar-refractivity contribution is -0.140. The molecule has 0 saturated carbocycles. The molecule has 1 unspecified atom stereocenters. The van der Waals surface area contributed by atoms with Gasteiger partial charge in [0.25, 0.3) is 0 Å². The second kappa shape index (κ2) is 13.7. The summed E-state index contributed by atoms with van der Waals surface area (Å²) >= 11 is 6.25. The van der Waals surface area contributed by atoms with E-state index in [2.05, 4.69) is 16.0 Å². The average molecular weight is 617 g/mol. The molecule has 1 atom stereocenters. The Balaban J connectivity index is 1.20. The van der Waals surface area contributed by atoms with Crippen molar-refractivity contribution < 1.29 is 17.9 Å². The van der Waals surface area contributed by atoms with Crippen LogP contribution in [0.3, 0.4) is 0 Å². The van der Waals surface area contributed by atoms with E-state index in [0.29, 0.717) is 54.6 Å². The van der Waals surface area contributed by atoms with Crippen molar-refractivity contribution in [3.05, 3.63) is 58.4 Å². The number of carbonyl (C=O) groups is 1. The minimum atomic E-state index is -3.69. The number of hydrogen-bond acceptors (Lipinski definition) is 6. The minimum Gasteiger partial charge on any atom is -0.369 e. The van der Waals surface area contributed by atoms with Crippen LogP contribution in [0.15, 0.2) is 41.6 Å². The van der Waals surface area contributed by atoms with Crippen LogP contribution in [-0.4, -0.2) is 85.3 Å². The molecule has 0 radical (unpaired) electrons. The predicted octanol–water partition coefficient (Wildman–Crippen LogP) is 5.31. The number of carbonyl (C=O) groups excluding carboxylic acids is 1. The molecular formula is C32H45ClN4O4S. The van der Waals surface area contributed by atoms with Crippen molar-refractivity contribution in [2.75, 3.05) is 45.9 Å². The fourth-order valence-corrected chi connectivity index (χ4v) is 9.06. The summed E-state index contributed by atoms with van der Waals surface area (Å²) in [5, 5.41) is 0.568. The quantitative estimate of drug-likeness (QED) is 0.360. The minimum absolute atomic E-state index is 0.0910. The summed E-state index contributed by atoms with van der Waals surface area (Å²) in [7, 11) is -3.69. The van der Waals surface area contributed by atoms with Crippen molar-refractivity contribution in [1.82, 2.24) is 19.1 Å². The third-order valence-corrected chi connectivity index (χ3v) is 11.9. The highest BCUT2D eigenvalue weighted by Crippen LogP contribution is 2.37. The second-order valence-corrected chi connectivity index (χ2v) is 14.5. The van der Waals surface area contributed by atoms with E-state index in [0.717, 1.165) is 62.9 Å². The van der Waals surface area contributed by atoms with Crippen LogP contribution in [-0.2, 0) is 25.2 Å². The van der Waals surface area contributed by atoms with E-state index >= 15 is 0 Å². The first-order valence-corrected chi connectivity index (χ1v) is 17.3. The van der Waals surface area contributed by atoms with Gasteiger partial charge in [-0.05, 0) is 101 Å². The molecule has 3 saturated heterocycles. The fraction of sp³-hybridized carbons (Fsp3) is 0.625. The largest absolute Gasteiger partial charge is 0.369 e. The van der Waals surface area contributed by atoms with Crippen LogP contribution in [0.25, 0.3) is 0 Å². The number of piperidine rings is 2. The highest BCUT2D eigenvalue weighted by Gasteiger charge is 2.40. The lowest BCUT2D eigenvalue weighted by Crippen LogP contribution is -2.48. The number of aromatic nitrogens is 1. The van der Waals surface area contributed by atoms with Gasteiger partial charge in [-0.3, -0.25) is 9.78 Å². The van der Waals surface area contributed by atoms with Gasteiger partial charge in [0.2, 0.25) is 15.9 Å². The Labute approximate surface area is 256 Å². The molecule has 0 N–H and O–H groups in total. The first-order valence-electron chi connectivity index (χ1n) is 15.5. The zero-order chi connectivity index (χ0) is 29.7. The summed E-state index contributed by atoms with van der Waals surface area (Å²) in [5.41, 5.74) is 2.04. The van der Waals surface area contributed by atoms with Gasteiger partial charge >= 0.3 is 0 Å². The summed E-state index contributed by atoms with van der Waals surface area (Å²) in [5.74, 6) is 0.0910.